The van der Waals surface area contributed by atoms with Crippen LogP contribution in [0.1, 0.15) is 24.8 Å². The van der Waals surface area contributed by atoms with Gasteiger partial charge in [-0.2, -0.15) is 0 Å². The average molecular weight is 211 g/mol. The third kappa shape index (κ3) is 1.88. The molecule has 1 fully saturated rings. The molecule has 1 aliphatic carbocycles. The highest BCUT2D eigenvalue weighted by molar-refractivity contribution is 6.18. The zero-order chi connectivity index (χ0) is 10.0. The van der Waals surface area contributed by atoms with Crippen LogP contribution in [0.2, 0.25) is 0 Å². The minimum atomic E-state index is 0.335. The van der Waals surface area contributed by atoms with Crippen LogP contribution in [0.3, 0.4) is 0 Å². The maximum atomic E-state index is 9.16. The number of benzene rings is 1. The molecule has 0 unspecified atom stereocenters. The molecule has 0 amide bonds. The summed E-state index contributed by atoms with van der Waals surface area (Å²) in [6, 6.07) is 7.47. The second-order valence-electron chi connectivity index (χ2n) is 4.33. The fourth-order valence-electron chi connectivity index (χ4n) is 2.08. The fourth-order valence-corrected chi connectivity index (χ4v) is 2.44. The number of phenolic OH excluding ortho intramolecular Hbond substituents is 1. The number of aromatic hydroxyl groups is 1. The van der Waals surface area contributed by atoms with Crippen LogP contribution in [0.15, 0.2) is 24.3 Å². The van der Waals surface area contributed by atoms with Crippen molar-refractivity contribution in [2.75, 3.05) is 5.88 Å². The van der Waals surface area contributed by atoms with Gasteiger partial charge in [-0.15, -0.1) is 11.6 Å². The summed E-state index contributed by atoms with van der Waals surface area (Å²) in [4.78, 5) is 0. The van der Waals surface area contributed by atoms with E-state index in [1.807, 2.05) is 12.1 Å². The van der Waals surface area contributed by atoms with E-state index in [0.717, 1.165) is 12.3 Å². The van der Waals surface area contributed by atoms with Crippen molar-refractivity contribution in [1.82, 2.24) is 0 Å². The molecule has 1 nitrogen and oxygen atoms in total. The molecule has 0 aromatic heterocycles. The van der Waals surface area contributed by atoms with Gasteiger partial charge in [0.25, 0.3) is 0 Å². The van der Waals surface area contributed by atoms with Crippen LogP contribution in [-0.4, -0.2) is 11.0 Å². The predicted molar refractivity (Wildman–Crippen MR) is 58.8 cm³/mol. The Hall–Kier alpha value is -0.690. The summed E-state index contributed by atoms with van der Waals surface area (Å²) in [7, 11) is 0. The Morgan fingerprint density at radius 1 is 1.21 bits per heavy atom. The number of alkyl halides is 1. The van der Waals surface area contributed by atoms with E-state index in [-0.39, 0.29) is 0 Å². The van der Waals surface area contributed by atoms with E-state index in [2.05, 4.69) is 0 Å². The number of hydrogen-bond acceptors (Lipinski definition) is 1. The summed E-state index contributed by atoms with van der Waals surface area (Å²) >= 11 is 5.99. The van der Waals surface area contributed by atoms with Crippen molar-refractivity contribution >= 4 is 11.6 Å². The number of halogens is 1. The van der Waals surface area contributed by atoms with Crippen molar-refractivity contribution in [2.45, 2.75) is 25.7 Å². The van der Waals surface area contributed by atoms with Crippen molar-refractivity contribution in [3.05, 3.63) is 29.8 Å². The van der Waals surface area contributed by atoms with Gasteiger partial charge in [0.1, 0.15) is 5.75 Å². The topological polar surface area (TPSA) is 20.2 Å². The standard InChI is InChI=1S/C12H15ClO/c13-9-12(6-1-7-12)8-10-2-4-11(14)5-3-10/h2-5,14H,1,6-9H2. The minimum Gasteiger partial charge on any atom is -0.508 e. The molecule has 0 atom stereocenters. The summed E-state index contributed by atoms with van der Waals surface area (Å²) in [6.07, 6.45) is 4.86. The van der Waals surface area contributed by atoms with E-state index in [4.69, 9.17) is 16.7 Å². The van der Waals surface area contributed by atoms with Gasteiger partial charge in [-0.25, -0.2) is 0 Å². The minimum absolute atomic E-state index is 0.335. The Morgan fingerprint density at radius 3 is 2.29 bits per heavy atom. The van der Waals surface area contributed by atoms with Gasteiger partial charge < -0.3 is 5.11 Å². The molecule has 14 heavy (non-hydrogen) atoms. The van der Waals surface area contributed by atoms with E-state index < -0.39 is 0 Å². The molecule has 0 aliphatic heterocycles. The monoisotopic (exact) mass is 210 g/mol. The summed E-state index contributed by atoms with van der Waals surface area (Å²) in [6.45, 7) is 0. The van der Waals surface area contributed by atoms with Crippen LogP contribution >= 0.6 is 11.6 Å². The van der Waals surface area contributed by atoms with Gasteiger partial charge in [-0.05, 0) is 42.4 Å². The van der Waals surface area contributed by atoms with Gasteiger partial charge >= 0.3 is 0 Å². The summed E-state index contributed by atoms with van der Waals surface area (Å²) in [5.41, 5.74) is 1.63. The van der Waals surface area contributed by atoms with Gasteiger partial charge in [0, 0.05) is 5.88 Å². The van der Waals surface area contributed by atoms with Crippen molar-refractivity contribution in [1.29, 1.82) is 0 Å². The normalized spacial score (nSPS) is 18.9. The van der Waals surface area contributed by atoms with Gasteiger partial charge in [0.15, 0.2) is 0 Å². The van der Waals surface area contributed by atoms with E-state index in [1.54, 1.807) is 12.1 Å². The molecule has 0 saturated heterocycles. The van der Waals surface area contributed by atoms with Crippen molar-refractivity contribution in [3.8, 4) is 5.75 Å². The first kappa shape index (κ1) is 9.85. The molecule has 76 valence electrons. The molecule has 0 spiro atoms. The van der Waals surface area contributed by atoms with E-state index in [1.165, 1.54) is 24.8 Å². The summed E-state index contributed by atoms with van der Waals surface area (Å²) < 4.78 is 0. The van der Waals surface area contributed by atoms with E-state index >= 15 is 0 Å². The summed E-state index contributed by atoms with van der Waals surface area (Å²) in [5, 5.41) is 9.16. The highest BCUT2D eigenvalue weighted by Gasteiger charge is 2.35. The molecule has 1 saturated carbocycles. The Balaban J connectivity index is 2.06. The van der Waals surface area contributed by atoms with Crippen LogP contribution in [-0.2, 0) is 6.42 Å². The van der Waals surface area contributed by atoms with Gasteiger partial charge in [0.05, 0.1) is 0 Å². The maximum absolute atomic E-state index is 9.16. The maximum Gasteiger partial charge on any atom is 0.115 e. The molecule has 1 aromatic carbocycles. The third-order valence-electron chi connectivity index (χ3n) is 3.21. The molecule has 1 aromatic rings. The first-order valence-electron chi connectivity index (χ1n) is 5.08. The van der Waals surface area contributed by atoms with Crippen LogP contribution in [0.4, 0.5) is 0 Å². The highest BCUT2D eigenvalue weighted by Crippen LogP contribution is 2.44. The second kappa shape index (κ2) is 3.82. The fraction of sp³-hybridized carbons (Fsp3) is 0.500. The SMILES string of the molecule is Oc1ccc(CC2(CCl)CCC2)cc1. The predicted octanol–water partition coefficient (Wildman–Crippen LogP) is 3.34. The average Bonchev–Trinajstić information content (AvgIpc) is 2.15. The Kier molecular flexibility index (Phi) is 2.69. The zero-order valence-corrected chi connectivity index (χ0v) is 8.93. The van der Waals surface area contributed by atoms with Crippen molar-refractivity contribution in [2.24, 2.45) is 5.41 Å². The lowest BCUT2D eigenvalue weighted by molar-refractivity contribution is 0.166. The quantitative estimate of drug-likeness (QED) is 0.759. The lowest BCUT2D eigenvalue weighted by atomic mass is 9.67. The third-order valence-corrected chi connectivity index (χ3v) is 3.78. The Labute approximate surface area is 89.7 Å². The van der Waals surface area contributed by atoms with Crippen LogP contribution < -0.4 is 0 Å². The molecule has 2 heteroatoms. The molecular weight excluding hydrogens is 196 g/mol. The molecule has 1 aliphatic rings. The lowest BCUT2D eigenvalue weighted by Gasteiger charge is -2.40. The molecule has 0 heterocycles. The molecule has 0 bridgehead atoms. The van der Waals surface area contributed by atoms with Crippen LogP contribution in [0, 0.1) is 5.41 Å². The Morgan fingerprint density at radius 2 is 1.86 bits per heavy atom. The van der Waals surface area contributed by atoms with Gasteiger partial charge in [-0.3, -0.25) is 0 Å². The smallest absolute Gasteiger partial charge is 0.115 e. The molecule has 1 N–H and O–H groups in total. The van der Waals surface area contributed by atoms with Crippen molar-refractivity contribution in [3.63, 3.8) is 0 Å². The number of hydrogen-bond donors (Lipinski definition) is 1. The van der Waals surface area contributed by atoms with Gasteiger partial charge in [0.2, 0.25) is 0 Å². The molecular formula is C12H15ClO. The molecule has 2 rings (SSSR count). The van der Waals surface area contributed by atoms with E-state index in [9.17, 15) is 0 Å². The zero-order valence-electron chi connectivity index (χ0n) is 8.17. The summed E-state index contributed by atoms with van der Waals surface area (Å²) in [5.74, 6) is 1.09. The largest absolute Gasteiger partial charge is 0.508 e. The van der Waals surface area contributed by atoms with Crippen LogP contribution in [0.25, 0.3) is 0 Å². The van der Waals surface area contributed by atoms with Crippen LogP contribution in [0.5, 0.6) is 5.75 Å². The molecule has 0 radical (unpaired) electrons. The van der Waals surface area contributed by atoms with E-state index in [0.29, 0.717) is 11.2 Å². The lowest BCUT2D eigenvalue weighted by Crippen LogP contribution is -2.33. The second-order valence-corrected chi connectivity index (χ2v) is 4.60. The first-order chi connectivity index (χ1) is 6.74. The first-order valence-corrected chi connectivity index (χ1v) is 5.61. The number of phenols is 1. The highest BCUT2D eigenvalue weighted by atomic mass is 35.5. The Bertz CT molecular complexity index is 295. The van der Waals surface area contributed by atoms with Gasteiger partial charge in [-0.1, -0.05) is 18.6 Å². The van der Waals surface area contributed by atoms with Crippen molar-refractivity contribution < 1.29 is 5.11 Å². The number of rotatable bonds is 3.